The van der Waals surface area contributed by atoms with Gasteiger partial charge in [-0.25, -0.2) is 0 Å². The smallest absolute Gasteiger partial charge is 0.180 e. The molecule has 2 heterocycles. The van der Waals surface area contributed by atoms with Gasteiger partial charge in [0.05, 0.1) is 26.3 Å². The second-order valence-electron chi connectivity index (χ2n) is 11.6. The van der Waals surface area contributed by atoms with E-state index in [9.17, 15) is 14.4 Å². The Hall–Kier alpha value is -3.71. The molecule has 7 heteroatoms. The van der Waals surface area contributed by atoms with Crippen molar-refractivity contribution in [3.63, 3.8) is 0 Å². The number of halogens is 1. The van der Waals surface area contributed by atoms with E-state index in [0.717, 1.165) is 15.7 Å². The van der Waals surface area contributed by atoms with Crippen LogP contribution in [0.5, 0.6) is 11.5 Å². The van der Waals surface area contributed by atoms with E-state index in [2.05, 4.69) is 15.9 Å². The Kier molecular flexibility index (Phi) is 6.07. The fourth-order valence-corrected chi connectivity index (χ4v) is 7.27. The number of carbonyl (C=O) groups excluding carboxylic acids is 3. The minimum absolute atomic E-state index is 0.0648. The standard InChI is InChI=1S/C33H30BrNO5/c1-32(2,3)31(38)27-26(22-11-8-12-24(39-4)28(22)40-5)33(29(36)20-9-6-7-10-21(20)30(33)37)25-16-13-18-17-19(34)14-15-23(18)35(25)27/h6-17,25-27H,1-5H3/t25?,26-,27+/m0/s1. The molecule has 1 unspecified atom stereocenters. The number of methoxy groups -OCH3 is 2. The zero-order valence-electron chi connectivity index (χ0n) is 23.0. The molecule has 0 N–H and O–H groups in total. The van der Waals surface area contributed by atoms with Crippen molar-refractivity contribution in [3.05, 3.63) is 93.5 Å². The predicted octanol–water partition coefficient (Wildman–Crippen LogP) is 6.51. The van der Waals surface area contributed by atoms with Crippen molar-refractivity contribution in [2.45, 2.75) is 38.8 Å². The predicted molar refractivity (Wildman–Crippen MR) is 158 cm³/mol. The van der Waals surface area contributed by atoms with E-state index in [-0.39, 0.29) is 17.3 Å². The molecule has 0 radical (unpaired) electrons. The van der Waals surface area contributed by atoms with Gasteiger partial charge in [0.25, 0.3) is 0 Å². The number of carbonyl (C=O) groups is 3. The van der Waals surface area contributed by atoms with E-state index in [1.165, 1.54) is 7.11 Å². The highest BCUT2D eigenvalue weighted by atomic mass is 79.9. The van der Waals surface area contributed by atoms with Crippen LogP contribution in [0.3, 0.4) is 0 Å². The van der Waals surface area contributed by atoms with E-state index in [0.29, 0.717) is 28.2 Å². The zero-order chi connectivity index (χ0) is 28.6. The summed E-state index contributed by atoms with van der Waals surface area (Å²) in [4.78, 5) is 46.1. The Morgan fingerprint density at radius 1 is 0.925 bits per heavy atom. The van der Waals surface area contributed by atoms with E-state index >= 15 is 0 Å². The first kappa shape index (κ1) is 26.5. The van der Waals surface area contributed by atoms with Crippen LogP contribution < -0.4 is 14.4 Å². The highest BCUT2D eigenvalue weighted by Gasteiger charge is 2.72. The molecule has 204 valence electrons. The number of ether oxygens (including phenoxy) is 2. The third-order valence-electron chi connectivity index (χ3n) is 8.54. The summed E-state index contributed by atoms with van der Waals surface area (Å²) >= 11 is 3.56. The molecule has 1 spiro atoms. The fourth-order valence-electron chi connectivity index (χ4n) is 6.89. The Morgan fingerprint density at radius 2 is 1.60 bits per heavy atom. The lowest BCUT2D eigenvalue weighted by atomic mass is 9.63. The van der Waals surface area contributed by atoms with Gasteiger partial charge in [0.2, 0.25) is 0 Å². The van der Waals surface area contributed by atoms with Gasteiger partial charge in [-0.3, -0.25) is 14.4 Å². The summed E-state index contributed by atoms with van der Waals surface area (Å²) in [5, 5.41) is 0. The zero-order valence-corrected chi connectivity index (χ0v) is 24.6. The number of ketones is 3. The van der Waals surface area contributed by atoms with Gasteiger partial charge in [-0.1, -0.05) is 85.3 Å². The van der Waals surface area contributed by atoms with Crippen LogP contribution in [-0.4, -0.2) is 43.7 Å². The Balaban J connectivity index is 1.74. The normalized spacial score (nSPS) is 22.2. The van der Waals surface area contributed by atoms with Crippen LogP contribution in [0.15, 0.2) is 71.2 Å². The summed E-state index contributed by atoms with van der Waals surface area (Å²) in [5.41, 5.74) is 0.728. The Morgan fingerprint density at radius 3 is 2.20 bits per heavy atom. The van der Waals surface area contributed by atoms with Gasteiger partial charge in [0, 0.05) is 38.2 Å². The summed E-state index contributed by atoms with van der Waals surface area (Å²) in [6, 6.07) is 16.8. The third kappa shape index (κ3) is 3.43. The molecule has 3 aromatic rings. The molecule has 3 aliphatic rings. The van der Waals surface area contributed by atoms with E-state index in [4.69, 9.17) is 9.47 Å². The highest BCUT2D eigenvalue weighted by Crippen LogP contribution is 2.62. The number of rotatable bonds is 4. The quantitative estimate of drug-likeness (QED) is 0.318. The molecule has 0 amide bonds. The van der Waals surface area contributed by atoms with Crippen LogP contribution in [0.2, 0.25) is 0 Å². The molecule has 6 nitrogen and oxygen atoms in total. The number of hydrogen-bond acceptors (Lipinski definition) is 6. The number of para-hydroxylation sites is 1. The number of anilines is 1. The second-order valence-corrected chi connectivity index (χ2v) is 12.5. The van der Waals surface area contributed by atoms with Crippen LogP contribution in [0.4, 0.5) is 5.69 Å². The first-order chi connectivity index (χ1) is 19.1. The molecule has 0 bridgehead atoms. The largest absolute Gasteiger partial charge is 0.493 e. The molecule has 40 heavy (non-hydrogen) atoms. The van der Waals surface area contributed by atoms with Gasteiger partial charge in [-0.2, -0.15) is 0 Å². The topological polar surface area (TPSA) is 72.9 Å². The Bertz CT molecular complexity index is 1580. The Labute approximate surface area is 242 Å². The maximum Gasteiger partial charge on any atom is 0.180 e. The third-order valence-corrected chi connectivity index (χ3v) is 9.04. The number of nitrogens with zero attached hydrogens (tertiary/aromatic N) is 1. The highest BCUT2D eigenvalue weighted by molar-refractivity contribution is 9.10. The molecule has 3 aromatic carbocycles. The van der Waals surface area contributed by atoms with Gasteiger partial charge < -0.3 is 14.4 Å². The van der Waals surface area contributed by atoms with Crippen molar-refractivity contribution in [3.8, 4) is 11.5 Å². The maximum absolute atomic E-state index is 14.7. The van der Waals surface area contributed by atoms with Crippen molar-refractivity contribution in [1.82, 2.24) is 0 Å². The molecule has 1 fully saturated rings. The molecule has 6 rings (SSSR count). The molecule has 1 saturated heterocycles. The van der Waals surface area contributed by atoms with Crippen LogP contribution >= 0.6 is 15.9 Å². The molecular formula is C33H30BrNO5. The maximum atomic E-state index is 14.7. The molecular weight excluding hydrogens is 570 g/mol. The lowest BCUT2D eigenvalue weighted by Gasteiger charge is -2.38. The average molecular weight is 601 g/mol. The second kappa shape index (κ2) is 9.16. The first-order valence-electron chi connectivity index (χ1n) is 13.3. The molecule has 0 aromatic heterocycles. The average Bonchev–Trinajstić information content (AvgIpc) is 3.37. The van der Waals surface area contributed by atoms with Gasteiger partial charge in [0.15, 0.2) is 28.8 Å². The van der Waals surface area contributed by atoms with Crippen molar-refractivity contribution >= 4 is 45.0 Å². The summed E-state index contributed by atoms with van der Waals surface area (Å²) in [5.74, 6) is -0.569. The SMILES string of the molecule is COc1cccc([C@H]2[C@H](C(=O)C(C)(C)C)N3c4ccc(Br)cc4C=CC3C23C(=O)c2ccccc2C3=O)c1OC. The van der Waals surface area contributed by atoms with Crippen LogP contribution in [0.25, 0.3) is 6.08 Å². The van der Waals surface area contributed by atoms with E-state index in [1.807, 2.05) is 68.2 Å². The molecule has 3 atom stereocenters. The van der Waals surface area contributed by atoms with Crippen molar-refractivity contribution in [2.24, 2.45) is 10.8 Å². The van der Waals surface area contributed by atoms with Gasteiger partial charge in [0.1, 0.15) is 5.41 Å². The summed E-state index contributed by atoms with van der Waals surface area (Å²) in [7, 11) is 3.09. The minimum atomic E-state index is -1.59. The van der Waals surface area contributed by atoms with Crippen molar-refractivity contribution < 1.29 is 23.9 Å². The molecule has 2 aliphatic heterocycles. The molecule has 1 aliphatic carbocycles. The minimum Gasteiger partial charge on any atom is -0.493 e. The lowest BCUT2D eigenvalue weighted by Crippen LogP contribution is -2.49. The van der Waals surface area contributed by atoms with E-state index < -0.39 is 28.8 Å². The monoisotopic (exact) mass is 599 g/mol. The van der Waals surface area contributed by atoms with E-state index in [1.54, 1.807) is 37.4 Å². The van der Waals surface area contributed by atoms with Crippen molar-refractivity contribution in [2.75, 3.05) is 19.1 Å². The summed E-state index contributed by atoms with van der Waals surface area (Å²) in [6.07, 6.45) is 3.88. The van der Waals surface area contributed by atoms with Crippen LogP contribution in [0, 0.1) is 10.8 Å². The fraction of sp³-hybridized carbons (Fsp3) is 0.303. The molecule has 0 saturated carbocycles. The van der Waals surface area contributed by atoms with Gasteiger partial charge in [-0.05, 0) is 29.8 Å². The van der Waals surface area contributed by atoms with Crippen molar-refractivity contribution in [1.29, 1.82) is 0 Å². The number of hydrogen-bond donors (Lipinski definition) is 0. The summed E-state index contributed by atoms with van der Waals surface area (Å²) in [6.45, 7) is 5.64. The van der Waals surface area contributed by atoms with Crippen LogP contribution in [0.1, 0.15) is 58.5 Å². The number of benzene rings is 3. The number of fused-ring (bicyclic) bond motifs is 5. The summed E-state index contributed by atoms with van der Waals surface area (Å²) < 4.78 is 12.4. The van der Waals surface area contributed by atoms with Crippen LogP contribution in [-0.2, 0) is 4.79 Å². The first-order valence-corrected chi connectivity index (χ1v) is 14.1. The number of Topliss-reactive ketones (excluding diaryl/α,β-unsaturated/α-hetero) is 3. The van der Waals surface area contributed by atoms with Gasteiger partial charge in [-0.15, -0.1) is 0 Å². The lowest BCUT2D eigenvalue weighted by molar-refractivity contribution is -0.127. The van der Waals surface area contributed by atoms with Gasteiger partial charge >= 0.3 is 0 Å².